The fourth-order valence-electron chi connectivity index (χ4n) is 6.15. The second-order valence-corrected chi connectivity index (χ2v) is 13.7. The van der Waals surface area contributed by atoms with Crippen molar-refractivity contribution in [2.24, 2.45) is 0 Å². The number of hydrogen-bond acceptors (Lipinski definition) is 9. The van der Waals surface area contributed by atoms with Gasteiger partial charge in [-0.15, -0.1) is 0 Å². The lowest BCUT2D eigenvalue weighted by Gasteiger charge is -2.38. The van der Waals surface area contributed by atoms with E-state index in [1.54, 1.807) is 11.9 Å². The summed E-state index contributed by atoms with van der Waals surface area (Å²) in [6, 6.07) is 19.3. The van der Waals surface area contributed by atoms with Gasteiger partial charge in [-0.25, -0.2) is 14.3 Å². The maximum Gasteiger partial charge on any atom is 0.316 e. The topological polar surface area (TPSA) is 115 Å². The van der Waals surface area contributed by atoms with Crippen LogP contribution in [-0.4, -0.2) is 52.0 Å². The third kappa shape index (κ3) is 7.66. The largest absolute Gasteiger partial charge is 0.488 e. The van der Waals surface area contributed by atoms with Crippen LogP contribution in [0.25, 0.3) is 0 Å². The van der Waals surface area contributed by atoms with Crippen molar-refractivity contribution >= 4 is 29.2 Å². The SMILES string of the molecule is CCNc1ccc(C(c2ccc(C)c(CN3C[C@@H](CC)Oc4ccccc4S3)c2)C(C)(C)NC(=O)c2cnc(OC)nc2)c(C)c1N. The standard InChI is InChI=1S/C37H46N6O3S/c1-8-28-22-43(47-32-13-11-10-12-31(32)46-28)21-26-18-25(15-14-23(26)3)33(29-16-17-30(39-9-2)34(38)24(29)4)37(5,6)42-35(44)27-19-40-36(45-7)41-20-27/h10-20,28,33,39H,8-9,21-22,38H2,1-7H3,(H,42,44)/t28-,33?/m1/s1. The summed E-state index contributed by atoms with van der Waals surface area (Å²) >= 11 is 1.74. The van der Waals surface area contributed by atoms with Gasteiger partial charge in [0.1, 0.15) is 11.9 Å². The molecule has 0 saturated carbocycles. The molecule has 1 aliphatic rings. The number of methoxy groups -OCH3 is 1. The molecule has 0 saturated heterocycles. The van der Waals surface area contributed by atoms with Gasteiger partial charge in [-0.05, 0) is 99.0 Å². The zero-order chi connectivity index (χ0) is 33.7. The summed E-state index contributed by atoms with van der Waals surface area (Å²) < 4.78 is 13.8. The van der Waals surface area contributed by atoms with Gasteiger partial charge in [0, 0.05) is 43.5 Å². The molecule has 0 spiro atoms. The van der Waals surface area contributed by atoms with Gasteiger partial charge in [0.05, 0.1) is 28.9 Å². The quantitative estimate of drug-likeness (QED) is 0.115. The Morgan fingerprint density at radius 3 is 2.57 bits per heavy atom. The number of benzene rings is 3. The maximum absolute atomic E-state index is 13.6. The molecule has 0 fully saturated rings. The number of nitrogens with zero attached hydrogens (tertiary/aromatic N) is 3. The van der Waals surface area contributed by atoms with Crippen LogP contribution in [0.15, 0.2) is 71.9 Å². The number of aromatic nitrogens is 2. The van der Waals surface area contributed by atoms with Crippen LogP contribution in [0.1, 0.15) is 78.2 Å². The van der Waals surface area contributed by atoms with Gasteiger partial charge in [-0.3, -0.25) is 4.79 Å². The van der Waals surface area contributed by atoms with Crippen LogP contribution in [0, 0.1) is 13.8 Å². The van der Waals surface area contributed by atoms with Crippen molar-refractivity contribution in [2.75, 3.05) is 31.2 Å². The molecule has 0 bridgehead atoms. The molecule has 5 rings (SSSR count). The Hall–Kier alpha value is -4.28. The second kappa shape index (κ2) is 14.6. The molecular formula is C37H46N6O3S. The van der Waals surface area contributed by atoms with Crippen LogP contribution in [0.5, 0.6) is 11.8 Å². The lowest BCUT2D eigenvalue weighted by Crippen LogP contribution is -2.48. The number of carbonyl (C=O) groups excluding carboxylic acids is 1. The van der Waals surface area contributed by atoms with Gasteiger partial charge in [-0.1, -0.05) is 43.3 Å². The van der Waals surface area contributed by atoms with Gasteiger partial charge >= 0.3 is 6.01 Å². The Bertz CT molecular complexity index is 1710. The van der Waals surface area contributed by atoms with Crippen LogP contribution >= 0.6 is 11.9 Å². The highest BCUT2D eigenvalue weighted by molar-refractivity contribution is 7.97. The fourth-order valence-corrected chi connectivity index (χ4v) is 7.22. The molecule has 0 radical (unpaired) electrons. The van der Waals surface area contributed by atoms with E-state index < -0.39 is 5.54 Å². The maximum atomic E-state index is 13.6. The smallest absolute Gasteiger partial charge is 0.316 e. The second-order valence-electron chi connectivity index (χ2n) is 12.5. The summed E-state index contributed by atoms with van der Waals surface area (Å²) in [6.07, 6.45) is 3.98. The van der Waals surface area contributed by atoms with Crippen LogP contribution < -0.4 is 25.8 Å². The van der Waals surface area contributed by atoms with Gasteiger partial charge in [0.2, 0.25) is 0 Å². The van der Waals surface area contributed by atoms with Crippen molar-refractivity contribution < 1.29 is 14.3 Å². The van der Waals surface area contributed by atoms with Crippen LogP contribution in [0.2, 0.25) is 0 Å². The first-order valence-electron chi connectivity index (χ1n) is 16.1. The van der Waals surface area contributed by atoms with Gasteiger partial charge < -0.3 is 25.8 Å². The van der Waals surface area contributed by atoms with Gasteiger partial charge in [-0.2, -0.15) is 0 Å². The van der Waals surface area contributed by atoms with Gasteiger partial charge in [0.25, 0.3) is 5.91 Å². The average Bonchev–Trinajstić information content (AvgIpc) is 3.24. The number of carbonyl (C=O) groups is 1. The Balaban J connectivity index is 1.54. The van der Waals surface area contributed by atoms with E-state index in [-0.39, 0.29) is 23.9 Å². The highest BCUT2D eigenvalue weighted by Crippen LogP contribution is 2.42. The molecule has 47 heavy (non-hydrogen) atoms. The van der Waals surface area contributed by atoms with E-state index in [2.05, 4.69) is 109 Å². The van der Waals surface area contributed by atoms with E-state index in [1.807, 2.05) is 12.1 Å². The molecular weight excluding hydrogens is 609 g/mol. The molecule has 2 atom stereocenters. The minimum Gasteiger partial charge on any atom is -0.488 e. The molecule has 1 unspecified atom stereocenters. The normalized spacial score (nSPS) is 15.6. The average molecular weight is 655 g/mol. The zero-order valence-corrected chi connectivity index (χ0v) is 29.2. The Morgan fingerprint density at radius 2 is 1.87 bits per heavy atom. The number of amides is 1. The van der Waals surface area contributed by atoms with Crippen molar-refractivity contribution in [3.8, 4) is 11.8 Å². The minimum atomic E-state index is -0.738. The summed E-state index contributed by atoms with van der Waals surface area (Å²) in [6.45, 7) is 14.8. The number of ether oxygens (including phenoxy) is 2. The van der Waals surface area contributed by atoms with Crippen LogP contribution in [-0.2, 0) is 6.54 Å². The van der Waals surface area contributed by atoms with E-state index in [1.165, 1.54) is 30.6 Å². The summed E-state index contributed by atoms with van der Waals surface area (Å²) in [4.78, 5) is 23.0. The third-order valence-corrected chi connectivity index (χ3v) is 9.82. The predicted octanol–water partition coefficient (Wildman–Crippen LogP) is 7.14. The highest BCUT2D eigenvalue weighted by Gasteiger charge is 2.36. The molecule has 9 nitrogen and oxygen atoms in total. The molecule has 248 valence electrons. The Kier molecular flexibility index (Phi) is 10.6. The molecule has 3 aromatic carbocycles. The van der Waals surface area contributed by atoms with Crippen molar-refractivity contribution in [1.82, 2.24) is 19.6 Å². The lowest BCUT2D eigenvalue weighted by atomic mass is 9.74. The molecule has 1 aromatic heterocycles. The Morgan fingerprint density at radius 1 is 1.13 bits per heavy atom. The molecule has 1 amide bonds. The molecule has 2 heterocycles. The molecule has 10 heteroatoms. The van der Waals surface area contributed by atoms with E-state index in [4.69, 9.17) is 15.2 Å². The highest BCUT2D eigenvalue weighted by atomic mass is 32.2. The van der Waals surface area contributed by atoms with E-state index in [9.17, 15) is 4.79 Å². The molecule has 4 N–H and O–H groups in total. The number of rotatable bonds is 11. The number of para-hydroxylation sites is 1. The van der Waals surface area contributed by atoms with E-state index >= 15 is 0 Å². The van der Waals surface area contributed by atoms with Crippen molar-refractivity contribution in [3.63, 3.8) is 0 Å². The summed E-state index contributed by atoms with van der Waals surface area (Å²) in [5.74, 6) is 0.438. The number of nitrogens with one attached hydrogen (secondary N) is 2. The predicted molar refractivity (Wildman–Crippen MR) is 190 cm³/mol. The molecule has 0 aliphatic carbocycles. The number of aryl methyl sites for hydroxylation is 1. The zero-order valence-electron chi connectivity index (χ0n) is 28.4. The lowest BCUT2D eigenvalue weighted by molar-refractivity contribution is 0.0905. The Labute approximate surface area is 282 Å². The number of fused-ring (bicyclic) bond motifs is 1. The number of nitrogen functional groups attached to an aromatic ring is 1. The number of hydrogen-bond donors (Lipinski definition) is 3. The fraction of sp³-hybridized carbons (Fsp3) is 0.378. The molecule has 1 aliphatic heterocycles. The van der Waals surface area contributed by atoms with E-state index in [0.29, 0.717) is 11.3 Å². The van der Waals surface area contributed by atoms with E-state index in [0.717, 1.165) is 59.1 Å². The monoisotopic (exact) mass is 654 g/mol. The first kappa shape index (κ1) is 34.1. The summed E-state index contributed by atoms with van der Waals surface area (Å²) in [5, 5.41) is 6.66. The molecule has 4 aromatic rings. The first-order chi connectivity index (χ1) is 22.5. The van der Waals surface area contributed by atoms with Gasteiger partial charge in [0.15, 0.2) is 0 Å². The van der Waals surface area contributed by atoms with Crippen molar-refractivity contribution in [1.29, 1.82) is 0 Å². The number of anilines is 2. The minimum absolute atomic E-state index is 0.0966. The first-order valence-corrected chi connectivity index (χ1v) is 16.9. The van der Waals surface area contributed by atoms with Crippen LogP contribution in [0.3, 0.4) is 0 Å². The summed E-state index contributed by atoms with van der Waals surface area (Å²) in [5.41, 5.74) is 13.5. The number of nitrogens with two attached hydrogens (primary N) is 1. The van der Waals surface area contributed by atoms with Crippen molar-refractivity contribution in [3.05, 3.63) is 100 Å². The third-order valence-electron chi connectivity index (χ3n) is 8.75. The van der Waals surface area contributed by atoms with Crippen molar-refractivity contribution in [2.45, 2.75) is 77.0 Å². The summed E-state index contributed by atoms with van der Waals surface area (Å²) in [7, 11) is 1.49. The van der Waals surface area contributed by atoms with Crippen LogP contribution in [0.4, 0.5) is 11.4 Å².